The molecular formula is C14H15NO3. The first-order chi connectivity index (χ1) is 8.74. The van der Waals surface area contributed by atoms with Crippen molar-refractivity contribution in [1.82, 2.24) is 4.98 Å². The molecule has 0 atom stereocenters. The summed E-state index contributed by atoms with van der Waals surface area (Å²) < 4.78 is 10.7. The fourth-order valence-electron chi connectivity index (χ4n) is 2.65. The fraction of sp³-hybridized carbons (Fsp3) is 0.357. The molecule has 0 amide bonds. The summed E-state index contributed by atoms with van der Waals surface area (Å²) in [6, 6.07) is 3.76. The van der Waals surface area contributed by atoms with Crippen LogP contribution in [0.4, 0.5) is 0 Å². The number of rotatable bonds is 2. The highest BCUT2D eigenvalue weighted by Gasteiger charge is 2.24. The zero-order valence-corrected chi connectivity index (χ0v) is 10.5. The Labute approximate surface area is 105 Å². The van der Waals surface area contributed by atoms with Gasteiger partial charge in [0.2, 0.25) is 0 Å². The molecule has 3 rings (SSSR count). The number of ketones is 1. The largest absolute Gasteiger partial charge is 0.497 e. The molecular weight excluding hydrogens is 230 g/mol. The van der Waals surface area contributed by atoms with Gasteiger partial charge in [-0.15, -0.1) is 0 Å². The van der Waals surface area contributed by atoms with Gasteiger partial charge in [0.05, 0.1) is 25.4 Å². The number of benzene rings is 1. The highest BCUT2D eigenvalue weighted by atomic mass is 16.5. The van der Waals surface area contributed by atoms with Crippen molar-refractivity contribution in [2.45, 2.75) is 19.3 Å². The molecule has 1 N–H and O–H groups in total. The van der Waals surface area contributed by atoms with Gasteiger partial charge in [0.25, 0.3) is 0 Å². The first-order valence-electron chi connectivity index (χ1n) is 6.04. The van der Waals surface area contributed by atoms with E-state index >= 15 is 0 Å². The monoisotopic (exact) mass is 245 g/mol. The highest BCUT2D eigenvalue weighted by molar-refractivity contribution is 6.05. The van der Waals surface area contributed by atoms with Crippen LogP contribution in [0.3, 0.4) is 0 Å². The van der Waals surface area contributed by atoms with Crippen LogP contribution in [0.25, 0.3) is 10.9 Å². The molecule has 1 aliphatic rings. The number of carbonyl (C=O) groups is 1. The molecule has 2 aromatic rings. The van der Waals surface area contributed by atoms with E-state index in [4.69, 9.17) is 9.47 Å². The van der Waals surface area contributed by atoms with Crippen molar-refractivity contribution in [2.75, 3.05) is 14.2 Å². The number of methoxy groups -OCH3 is 2. The Morgan fingerprint density at radius 3 is 2.72 bits per heavy atom. The molecule has 1 aromatic carbocycles. The maximum absolute atomic E-state index is 11.9. The van der Waals surface area contributed by atoms with E-state index in [0.717, 1.165) is 46.5 Å². The van der Waals surface area contributed by atoms with Gasteiger partial charge in [0.1, 0.15) is 11.5 Å². The Balaban J connectivity index is 2.33. The molecule has 0 bridgehead atoms. The van der Waals surface area contributed by atoms with Gasteiger partial charge in [-0.2, -0.15) is 0 Å². The molecule has 0 unspecified atom stereocenters. The molecule has 0 radical (unpaired) electrons. The molecule has 0 aliphatic heterocycles. The minimum atomic E-state index is 0.188. The number of H-pyrrole nitrogens is 1. The number of ether oxygens (including phenoxy) is 2. The second kappa shape index (κ2) is 4.05. The normalized spacial score (nSPS) is 14.7. The van der Waals surface area contributed by atoms with Crippen molar-refractivity contribution < 1.29 is 14.3 Å². The molecule has 0 saturated carbocycles. The molecule has 1 heterocycles. The molecule has 18 heavy (non-hydrogen) atoms. The summed E-state index contributed by atoms with van der Waals surface area (Å²) in [5, 5.41) is 1.02. The van der Waals surface area contributed by atoms with Gasteiger partial charge in [-0.25, -0.2) is 0 Å². The molecule has 0 spiro atoms. The molecule has 94 valence electrons. The number of hydrogen-bond donors (Lipinski definition) is 1. The van der Waals surface area contributed by atoms with Crippen LogP contribution >= 0.6 is 0 Å². The second-order valence-corrected chi connectivity index (χ2v) is 4.51. The number of fused-ring (bicyclic) bond motifs is 3. The van der Waals surface area contributed by atoms with Gasteiger partial charge in [-0.3, -0.25) is 4.79 Å². The minimum Gasteiger partial charge on any atom is -0.497 e. The van der Waals surface area contributed by atoms with E-state index < -0.39 is 0 Å². The van der Waals surface area contributed by atoms with E-state index in [1.807, 2.05) is 12.1 Å². The quantitative estimate of drug-likeness (QED) is 0.885. The number of Topliss-reactive ketones (excluding diaryl/α,β-unsaturated/α-hetero) is 1. The predicted octanol–water partition coefficient (Wildman–Crippen LogP) is 2.70. The van der Waals surface area contributed by atoms with Crippen molar-refractivity contribution >= 4 is 16.7 Å². The average Bonchev–Trinajstić information content (AvgIpc) is 2.77. The van der Waals surface area contributed by atoms with Gasteiger partial charge in [-0.1, -0.05) is 0 Å². The lowest BCUT2D eigenvalue weighted by Gasteiger charge is -2.11. The second-order valence-electron chi connectivity index (χ2n) is 4.51. The van der Waals surface area contributed by atoms with E-state index in [0.29, 0.717) is 6.42 Å². The van der Waals surface area contributed by atoms with Crippen LogP contribution in [-0.4, -0.2) is 25.0 Å². The smallest absolute Gasteiger partial charge is 0.179 e. The number of aromatic amines is 1. The van der Waals surface area contributed by atoms with E-state index in [2.05, 4.69) is 4.98 Å². The topological polar surface area (TPSA) is 51.3 Å². The summed E-state index contributed by atoms with van der Waals surface area (Å²) in [5.74, 6) is 1.68. The zero-order valence-electron chi connectivity index (χ0n) is 10.5. The third kappa shape index (κ3) is 1.49. The van der Waals surface area contributed by atoms with Crippen molar-refractivity contribution in [3.05, 3.63) is 23.4 Å². The third-order valence-corrected chi connectivity index (χ3v) is 3.50. The number of hydrogen-bond acceptors (Lipinski definition) is 3. The molecule has 4 nitrogen and oxygen atoms in total. The summed E-state index contributed by atoms with van der Waals surface area (Å²) >= 11 is 0. The summed E-state index contributed by atoms with van der Waals surface area (Å²) in [6.45, 7) is 0. The van der Waals surface area contributed by atoms with Gasteiger partial charge in [0, 0.05) is 23.9 Å². The van der Waals surface area contributed by atoms with Crippen LogP contribution < -0.4 is 9.47 Å². The van der Waals surface area contributed by atoms with Crippen molar-refractivity contribution in [3.63, 3.8) is 0 Å². The fourth-order valence-corrected chi connectivity index (χ4v) is 2.65. The summed E-state index contributed by atoms with van der Waals surface area (Å²) in [7, 11) is 3.26. The summed E-state index contributed by atoms with van der Waals surface area (Å²) in [5.41, 5.74) is 2.73. The van der Waals surface area contributed by atoms with Gasteiger partial charge >= 0.3 is 0 Å². The van der Waals surface area contributed by atoms with Crippen LogP contribution in [-0.2, 0) is 6.42 Å². The predicted molar refractivity (Wildman–Crippen MR) is 68.7 cm³/mol. The molecule has 0 saturated heterocycles. The molecule has 1 aliphatic carbocycles. The van der Waals surface area contributed by atoms with Crippen LogP contribution in [0.5, 0.6) is 11.5 Å². The summed E-state index contributed by atoms with van der Waals surface area (Å²) in [4.78, 5) is 15.1. The lowest BCUT2D eigenvalue weighted by molar-refractivity contribution is 0.0968. The van der Waals surface area contributed by atoms with Crippen LogP contribution in [0.1, 0.15) is 28.9 Å². The Morgan fingerprint density at radius 2 is 2.00 bits per heavy atom. The van der Waals surface area contributed by atoms with Gasteiger partial charge in [0.15, 0.2) is 5.78 Å². The van der Waals surface area contributed by atoms with Crippen LogP contribution in [0.15, 0.2) is 12.1 Å². The van der Waals surface area contributed by atoms with E-state index in [1.54, 1.807) is 14.2 Å². The Hall–Kier alpha value is -1.97. The highest BCUT2D eigenvalue weighted by Crippen LogP contribution is 2.37. The summed E-state index contributed by atoms with van der Waals surface area (Å²) in [6.07, 6.45) is 2.46. The van der Waals surface area contributed by atoms with Crippen molar-refractivity contribution in [3.8, 4) is 11.5 Å². The standard InChI is InChI=1S/C14H15NO3/c1-17-8-6-10-13(12(7-8)18-2)9-4-3-5-11(16)14(9)15-10/h6-7,15H,3-5H2,1-2H3. The maximum atomic E-state index is 11.9. The van der Waals surface area contributed by atoms with Crippen molar-refractivity contribution in [2.24, 2.45) is 0 Å². The minimum absolute atomic E-state index is 0.188. The molecule has 4 heteroatoms. The first-order valence-corrected chi connectivity index (χ1v) is 6.04. The number of nitrogens with one attached hydrogen (secondary N) is 1. The number of aromatic nitrogens is 1. The van der Waals surface area contributed by atoms with Gasteiger partial charge < -0.3 is 14.5 Å². The molecule has 0 fully saturated rings. The lowest BCUT2D eigenvalue weighted by atomic mass is 9.94. The Bertz CT molecular complexity index is 627. The van der Waals surface area contributed by atoms with Crippen LogP contribution in [0.2, 0.25) is 0 Å². The lowest BCUT2D eigenvalue weighted by Crippen LogP contribution is -2.09. The Morgan fingerprint density at radius 1 is 1.17 bits per heavy atom. The van der Waals surface area contributed by atoms with E-state index in [1.165, 1.54) is 0 Å². The average molecular weight is 245 g/mol. The van der Waals surface area contributed by atoms with E-state index in [9.17, 15) is 4.79 Å². The van der Waals surface area contributed by atoms with Crippen LogP contribution in [0, 0.1) is 0 Å². The zero-order chi connectivity index (χ0) is 12.7. The maximum Gasteiger partial charge on any atom is 0.179 e. The number of aryl methyl sites for hydroxylation is 1. The number of carbonyl (C=O) groups excluding carboxylic acids is 1. The SMILES string of the molecule is COc1cc(OC)c2c3c([nH]c2c1)C(=O)CCC3. The third-order valence-electron chi connectivity index (χ3n) is 3.50. The van der Waals surface area contributed by atoms with Gasteiger partial charge in [-0.05, 0) is 18.4 Å². The van der Waals surface area contributed by atoms with Crippen molar-refractivity contribution in [1.29, 1.82) is 0 Å². The first kappa shape index (κ1) is 11.1. The molecule has 1 aromatic heterocycles. The Kier molecular flexibility index (Phi) is 2.51. The van der Waals surface area contributed by atoms with E-state index in [-0.39, 0.29) is 5.78 Å².